The Morgan fingerprint density at radius 1 is 1.20 bits per heavy atom. The number of hydrogen-bond acceptors (Lipinski definition) is 3. The molecule has 2 saturated heterocycles. The quantitative estimate of drug-likeness (QED) is 0.913. The number of carbonyl (C=O) groups excluding carboxylic acids is 1. The second-order valence-corrected chi connectivity index (χ2v) is 7.46. The average molecular weight is 362 g/mol. The Morgan fingerprint density at radius 2 is 2.04 bits per heavy atom. The molecule has 2 aromatic rings. The molecule has 25 heavy (non-hydrogen) atoms. The number of fused-ring (bicyclic) bond motifs is 1. The van der Waals surface area contributed by atoms with Gasteiger partial charge in [0.15, 0.2) is 0 Å². The molecule has 1 aromatic heterocycles. The largest absolute Gasteiger partial charge is 0.375 e. The fraction of sp³-hybridized carbons (Fsp3) is 0.526. The average Bonchev–Trinajstić information content (AvgIpc) is 3.19. The van der Waals surface area contributed by atoms with Crippen molar-refractivity contribution in [2.45, 2.75) is 25.4 Å². The van der Waals surface area contributed by atoms with Gasteiger partial charge in [0.25, 0.3) is 5.91 Å². The smallest absolute Gasteiger partial charge is 0.270 e. The number of halogens is 1. The fourth-order valence-corrected chi connectivity index (χ4v) is 4.01. The Kier molecular flexibility index (Phi) is 4.97. The van der Waals surface area contributed by atoms with Crippen molar-refractivity contribution in [2.24, 2.45) is 0 Å². The predicted molar refractivity (Wildman–Crippen MR) is 99.2 cm³/mol. The highest BCUT2D eigenvalue weighted by Crippen LogP contribution is 2.21. The van der Waals surface area contributed by atoms with Gasteiger partial charge in [-0.15, -0.1) is 0 Å². The van der Waals surface area contributed by atoms with Crippen molar-refractivity contribution in [2.75, 3.05) is 39.3 Å². The van der Waals surface area contributed by atoms with E-state index in [0.717, 1.165) is 50.1 Å². The van der Waals surface area contributed by atoms with Crippen molar-refractivity contribution >= 4 is 28.4 Å². The van der Waals surface area contributed by atoms with Crippen LogP contribution in [0.15, 0.2) is 24.3 Å². The van der Waals surface area contributed by atoms with E-state index in [-0.39, 0.29) is 12.0 Å². The highest BCUT2D eigenvalue weighted by atomic mass is 35.5. The summed E-state index contributed by atoms with van der Waals surface area (Å²) < 4.78 is 5.99. The monoisotopic (exact) mass is 361 g/mol. The summed E-state index contributed by atoms with van der Waals surface area (Å²) in [5.41, 5.74) is 1.56. The lowest BCUT2D eigenvalue weighted by Gasteiger charge is -2.26. The van der Waals surface area contributed by atoms with E-state index in [1.54, 1.807) is 0 Å². The molecule has 0 bridgehead atoms. The standard InChI is InChI=1S/C19H24ClN3O2/c20-15-4-5-17-14(10-15)11-18(21-17)19(24)23-8-3-9-25-16(13-23)12-22-6-1-2-7-22/h4-5,10-11,16,21H,1-3,6-9,12-13H2. The number of aromatic nitrogens is 1. The summed E-state index contributed by atoms with van der Waals surface area (Å²) in [5.74, 6) is 0.0456. The number of amides is 1. The number of nitrogens with one attached hydrogen (secondary N) is 1. The minimum absolute atomic E-state index is 0.0456. The third-order valence-corrected chi connectivity index (χ3v) is 5.35. The van der Waals surface area contributed by atoms with E-state index >= 15 is 0 Å². The molecule has 2 aliphatic rings. The van der Waals surface area contributed by atoms with Crippen LogP contribution in [0.1, 0.15) is 29.8 Å². The van der Waals surface area contributed by atoms with E-state index in [0.29, 0.717) is 17.3 Å². The molecule has 5 nitrogen and oxygen atoms in total. The molecule has 4 rings (SSSR count). The van der Waals surface area contributed by atoms with E-state index in [1.165, 1.54) is 12.8 Å². The van der Waals surface area contributed by atoms with Crippen LogP contribution in [0.3, 0.4) is 0 Å². The normalized spacial score (nSPS) is 22.4. The summed E-state index contributed by atoms with van der Waals surface area (Å²) >= 11 is 6.05. The van der Waals surface area contributed by atoms with Crippen LogP contribution in [0, 0.1) is 0 Å². The maximum Gasteiger partial charge on any atom is 0.270 e. The zero-order chi connectivity index (χ0) is 17.2. The van der Waals surface area contributed by atoms with Crippen LogP contribution < -0.4 is 0 Å². The number of benzene rings is 1. The molecule has 0 spiro atoms. The van der Waals surface area contributed by atoms with Gasteiger partial charge in [-0.05, 0) is 56.6 Å². The maximum atomic E-state index is 13.0. The minimum atomic E-state index is 0.0456. The first kappa shape index (κ1) is 16.9. The molecule has 2 fully saturated rings. The first-order valence-electron chi connectivity index (χ1n) is 9.10. The zero-order valence-corrected chi connectivity index (χ0v) is 15.1. The second-order valence-electron chi connectivity index (χ2n) is 7.02. The number of carbonyl (C=O) groups is 1. The topological polar surface area (TPSA) is 48.6 Å². The van der Waals surface area contributed by atoms with E-state index in [9.17, 15) is 4.79 Å². The Morgan fingerprint density at radius 3 is 2.88 bits per heavy atom. The number of H-pyrrole nitrogens is 1. The van der Waals surface area contributed by atoms with Crippen LogP contribution in [-0.4, -0.2) is 66.1 Å². The van der Waals surface area contributed by atoms with Gasteiger partial charge < -0.3 is 19.5 Å². The minimum Gasteiger partial charge on any atom is -0.375 e. The molecule has 1 unspecified atom stereocenters. The summed E-state index contributed by atoms with van der Waals surface area (Å²) in [4.78, 5) is 20.6. The summed E-state index contributed by atoms with van der Waals surface area (Å²) in [6.07, 6.45) is 3.53. The SMILES string of the molecule is O=C(c1cc2cc(Cl)ccc2[nH]1)N1CCCOC(CN2CCCC2)C1. The Hall–Kier alpha value is -1.56. The van der Waals surface area contributed by atoms with Crippen molar-refractivity contribution in [3.63, 3.8) is 0 Å². The van der Waals surface area contributed by atoms with E-state index in [4.69, 9.17) is 16.3 Å². The van der Waals surface area contributed by atoms with Crippen molar-refractivity contribution in [1.29, 1.82) is 0 Å². The van der Waals surface area contributed by atoms with Gasteiger partial charge in [0.05, 0.1) is 6.10 Å². The van der Waals surface area contributed by atoms with E-state index < -0.39 is 0 Å². The second kappa shape index (κ2) is 7.36. The summed E-state index contributed by atoms with van der Waals surface area (Å²) in [6.45, 7) is 5.35. The lowest BCUT2D eigenvalue weighted by Crippen LogP contribution is -2.42. The molecule has 134 valence electrons. The Labute approximate surface area is 152 Å². The van der Waals surface area contributed by atoms with Gasteiger partial charge in [-0.25, -0.2) is 0 Å². The van der Waals surface area contributed by atoms with Crippen LogP contribution in [-0.2, 0) is 4.74 Å². The Balaban J connectivity index is 1.48. The summed E-state index contributed by atoms with van der Waals surface area (Å²) in [7, 11) is 0. The lowest BCUT2D eigenvalue weighted by molar-refractivity contribution is 0.0296. The molecule has 6 heteroatoms. The number of nitrogens with zero attached hydrogens (tertiary/aromatic N) is 2. The molecule has 0 saturated carbocycles. The molecular weight excluding hydrogens is 338 g/mol. The fourth-order valence-electron chi connectivity index (χ4n) is 3.83. The molecule has 0 aliphatic carbocycles. The first-order valence-corrected chi connectivity index (χ1v) is 9.48. The maximum absolute atomic E-state index is 13.0. The van der Waals surface area contributed by atoms with Gasteiger partial charge in [0.1, 0.15) is 5.69 Å². The van der Waals surface area contributed by atoms with Gasteiger partial charge in [-0.1, -0.05) is 11.6 Å². The third-order valence-electron chi connectivity index (χ3n) is 5.11. The zero-order valence-electron chi connectivity index (χ0n) is 14.3. The number of rotatable bonds is 3. The van der Waals surface area contributed by atoms with Crippen LogP contribution in [0.25, 0.3) is 10.9 Å². The number of aromatic amines is 1. The van der Waals surface area contributed by atoms with Gasteiger partial charge in [0, 0.05) is 42.2 Å². The summed E-state index contributed by atoms with van der Waals surface area (Å²) in [6, 6.07) is 7.52. The van der Waals surface area contributed by atoms with Crippen molar-refractivity contribution in [1.82, 2.24) is 14.8 Å². The Bertz CT molecular complexity index is 754. The van der Waals surface area contributed by atoms with Gasteiger partial charge in [0.2, 0.25) is 0 Å². The number of hydrogen-bond donors (Lipinski definition) is 1. The molecular formula is C19H24ClN3O2. The molecule has 0 radical (unpaired) electrons. The van der Waals surface area contributed by atoms with Crippen molar-refractivity contribution < 1.29 is 9.53 Å². The van der Waals surface area contributed by atoms with Crippen LogP contribution >= 0.6 is 11.6 Å². The third kappa shape index (κ3) is 3.84. The van der Waals surface area contributed by atoms with Crippen LogP contribution in [0.5, 0.6) is 0 Å². The molecule has 1 atom stereocenters. The molecule has 3 heterocycles. The van der Waals surface area contributed by atoms with E-state index in [2.05, 4.69) is 9.88 Å². The van der Waals surface area contributed by atoms with Crippen molar-refractivity contribution in [3.05, 3.63) is 35.0 Å². The highest BCUT2D eigenvalue weighted by molar-refractivity contribution is 6.31. The molecule has 1 N–H and O–H groups in total. The van der Waals surface area contributed by atoms with Crippen LogP contribution in [0.4, 0.5) is 0 Å². The predicted octanol–water partition coefficient (Wildman–Crippen LogP) is 3.15. The van der Waals surface area contributed by atoms with Gasteiger partial charge in [-0.2, -0.15) is 0 Å². The molecule has 1 amide bonds. The van der Waals surface area contributed by atoms with E-state index in [1.807, 2.05) is 29.2 Å². The van der Waals surface area contributed by atoms with Gasteiger partial charge >= 0.3 is 0 Å². The number of likely N-dealkylation sites (tertiary alicyclic amines) is 1. The molecule has 2 aliphatic heterocycles. The van der Waals surface area contributed by atoms with Gasteiger partial charge in [-0.3, -0.25) is 4.79 Å². The molecule has 1 aromatic carbocycles. The number of ether oxygens (including phenoxy) is 1. The van der Waals surface area contributed by atoms with Crippen molar-refractivity contribution in [3.8, 4) is 0 Å². The summed E-state index contributed by atoms with van der Waals surface area (Å²) in [5, 5.41) is 1.65. The first-order chi connectivity index (χ1) is 12.2. The lowest BCUT2D eigenvalue weighted by atomic mass is 10.2. The van der Waals surface area contributed by atoms with Crippen LogP contribution in [0.2, 0.25) is 5.02 Å². The highest BCUT2D eigenvalue weighted by Gasteiger charge is 2.26.